The second-order valence-electron chi connectivity index (χ2n) is 6.83. The fraction of sp³-hybridized carbons (Fsp3) is 0.286. The Kier molecular flexibility index (Phi) is 6.76. The van der Waals surface area contributed by atoms with E-state index in [0.29, 0.717) is 10.8 Å². The van der Waals surface area contributed by atoms with Gasteiger partial charge in [-0.15, -0.1) is 20.4 Å². The minimum absolute atomic E-state index is 0.669. The summed E-state index contributed by atoms with van der Waals surface area (Å²) in [6, 6.07) is 17.6. The number of aromatic nitrogens is 7. The van der Waals surface area contributed by atoms with E-state index >= 15 is 0 Å². The van der Waals surface area contributed by atoms with E-state index in [-0.39, 0.29) is 0 Å². The molecule has 0 aliphatic rings. The van der Waals surface area contributed by atoms with E-state index in [1.807, 2.05) is 66.2 Å². The maximum Gasteiger partial charge on any atom is 0.204 e. The number of hydrogen-bond acceptors (Lipinski definition) is 6. The summed E-state index contributed by atoms with van der Waals surface area (Å²) in [6.07, 6.45) is 3.18. The van der Waals surface area contributed by atoms with E-state index in [1.54, 1.807) is 16.6 Å². The molecule has 0 saturated heterocycles. The lowest BCUT2D eigenvalue weighted by Gasteiger charge is -2.05. The molecule has 0 amide bonds. The van der Waals surface area contributed by atoms with Crippen molar-refractivity contribution in [3.8, 4) is 22.8 Å². The van der Waals surface area contributed by atoms with Crippen LogP contribution in [0.1, 0.15) is 19.3 Å². The third-order valence-electron chi connectivity index (χ3n) is 4.67. The Balaban J connectivity index is 1.21. The number of benzene rings is 2. The molecular weight excluding hydrogens is 418 g/mol. The van der Waals surface area contributed by atoms with Crippen molar-refractivity contribution in [3.05, 3.63) is 59.6 Å². The molecule has 2 aromatic carbocycles. The summed E-state index contributed by atoms with van der Waals surface area (Å²) in [4.78, 5) is 1.67. The fourth-order valence-electron chi connectivity index (χ4n) is 3.05. The standard InChI is InChI=1S/C21H22ClN7S/c1-28-20(17-12-6-7-13-18(17)22)24-25-21(28)30-15-9-3-8-14-29-26-19(23-27-29)16-10-4-2-5-11-16/h2,4-7,10-13H,3,8-9,14-15H2,1H3. The molecule has 0 aliphatic heterocycles. The molecule has 0 saturated carbocycles. The predicted molar refractivity (Wildman–Crippen MR) is 119 cm³/mol. The van der Waals surface area contributed by atoms with Gasteiger partial charge in [0.25, 0.3) is 0 Å². The number of halogens is 1. The van der Waals surface area contributed by atoms with Crippen molar-refractivity contribution in [2.75, 3.05) is 5.75 Å². The molecule has 9 heteroatoms. The molecule has 4 rings (SSSR count). The molecule has 0 N–H and O–H groups in total. The van der Waals surface area contributed by atoms with Crippen LogP contribution < -0.4 is 0 Å². The molecule has 0 bridgehead atoms. The third kappa shape index (κ3) is 4.88. The summed E-state index contributed by atoms with van der Waals surface area (Å²) >= 11 is 8.00. The maximum atomic E-state index is 6.28. The van der Waals surface area contributed by atoms with Crippen LogP contribution in [-0.2, 0) is 13.6 Å². The summed E-state index contributed by atoms with van der Waals surface area (Å²) in [5.41, 5.74) is 1.89. The Hall–Kier alpha value is -2.71. The SMILES string of the molecule is Cn1c(SCCCCCn2nnc(-c3ccccc3)n2)nnc1-c1ccccc1Cl. The molecule has 0 radical (unpaired) electrons. The average molecular weight is 440 g/mol. The minimum Gasteiger partial charge on any atom is -0.305 e. The normalized spacial score (nSPS) is 11.1. The molecule has 2 heterocycles. The van der Waals surface area contributed by atoms with Gasteiger partial charge in [0.15, 0.2) is 11.0 Å². The molecule has 4 aromatic rings. The Morgan fingerprint density at radius 3 is 2.53 bits per heavy atom. The maximum absolute atomic E-state index is 6.28. The van der Waals surface area contributed by atoms with Gasteiger partial charge in [0.05, 0.1) is 11.6 Å². The zero-order chi connectivity index (χ0) is 20.8. The summed E-state index contributed by atoms with van der Waals surface area (Å²) < 4.78 is 2.00. The van der Waals surface area contributed by atoms with E-state index in [9.17, 15) is 0 Å². The lowest BCUT2D eigenvalue weighted by molar-refractivity contribution is 0.487. The molecule has 0 spiro atoms. The van der Waals surface area contributed by atoms with Gasteiger partial charge < -0.3 is 4.57 Å². The molecule has 2 aromatic heterocycles. The third-order valence-corrected chi connectivity index (χ3v) is 6.10. The topological polar surface area (TPSA) is 74.3 Å². The van der Waals surface area contributed by atoms with Crippen LogP contribution in [0.4, 0.5) is 0 Å². The van der Waals surface area contributed by atoms with E-state index < -0.39 is 0 Å². The predicted octanol–water partition coefficient (Wildman–Crippen LogP) is 4.75. The van der Waals surface area contributed by atoms with Crippen LogP contribution in [0.3, 0.4) is 0 Å². The lowest BCUT2D eigenvalue weighted by Crippen LogP contribution is -2.03. The molecule has 0 unspecified atom stereocenters. The molecule has 30 heavy (non-hydrogen) atoms. The highest BCUT2D eigenvalue weighted by Gasteiger charge is 2.13. The van der Waals surface area contributed by atoms with Crippen LogP contribution in [0, 0.1) is 0 Å². The van der Waals surface area contributed by atoms with E-state index in [1.165, 1.54) is 0 Å². The smallest absolute Gasteiger partial charge is 0.204 e. The molecule has 7 nitrogen and oxygen atoms in total. The van der Waals surface area contributed by atoms with Crippen LogP contribution in [0.15, 0.2) is 59.8 Å². The number of tetrazole rings is 1. The van der Waals surface area contributed by atoms with Crippen molar-refractivity contribution >= 4 is 23.4 Å². The summed E-state index contributed by atoms with van der Waals surface area (Å²) in [7, 11) is 1.97. The number of aryl methyl sites for hydroxylation is 1. The molecule has 0 aliphatic carbocycles. The van der Waals surface area contributed by atoms with Crippen molar-refractivity contribution in [3.63, 3.8) is 0 Å². The summed E-state index contributed by atoms with van der Waals surface area (Å²) in [5, 5.41) is 22.9. The average Bonchev–Trinajstić information content (AvgIpc) is 3.39. The van der Waals surface area contributed by atoms with Gasteiger partial charge >= 0.3 is 0 Å². The van der Waals surface area contributed by atoms with Crippen molar-refractivity contribution in [1.82, 2.24) is 35.0 Å². The van der Waals surface area contributed by atoms with Gasteiger partial charge in [-0.25, -0.2) is 0 Å². The summed E-state index contributed by atoms with van der Waals surface area (Å²) in [6.45, 7) is 0.769. The first kappa shape index (κ1) is 20.6. The second kappa shape index (κ2) is 9.86. The Labute approximate surface area is 184 Å². The van der Waals surface area contributed by atoms with Gasteiger partial charge in [0.2, 0.25) is 5.82 Å². The molecular formula is C21H22ClN7S. The van der Waals surface area contributed by atoms with Crippen molar-refractivity contribution in [2.24, 2.45) is 7.05 Å². The fourth-order valence-corrected chi connectivity index (χ4v) is 4.18. The van der Waals surface area contributed by atoms with E-state index in [4.69, 9.17) is 11.6 Å². The highest BCUT2D eigenvalue weighted by molar-refractivity contribution is 7.99. The van der Waals surface area contributed by atoms with Gasteiger partial charge in [-0.05, 0) is 30.2 Å². The minimum atomic E-state index is 0.669. The quantitative estimate of drug-likeness (QED) is 0.276. The first-order chi connectivity index (χ1) is 14.7. The zero-order valence-corrected chi connectivity index (χ0v) is 18.2. The van der Waals surface area contributed by atoms with Crippen molar-refractivity contribution < 1.29 is 0 Å². The highest BCUT2D eigenvalue weighted by atomic mass is 35.5. The number of nitrogens with zero attached hydrogens (tertiary/aromatic N) is 7. The molecule has 0 atom stereocenters. The summed E-state index contributed by atoms with van der Waals surface area (Å²) in [5.74, 6) is 2.44. The number of thioether (sulfide) groups is 1. The van der Waals surface area contributed by atoms with Crippen LogP contribution in [-0.4, -0.2) is 40.7 Å². The first-order valence-electron chi connectivity index (χ1n) is 9.82. The van der Waals surface area contributed by atoms with Crippen molar-refractivity contribution in [2.45, 2.75) is 31.0 Å². The van der Waals surface area contributed by atoms with Gasteiger partial charge in [0, 0.05) is 23.9 Å². The van der Waals surface area contributed by atoms with Gasteiger partial charge in [0.1, 0.15) is 0 Å². The van der Waals surface area contributed by atoms with E-state index in [0.717, 1.165) is 53.7 Å². The number of unbranched alkanes of at least 4 members (excludes halogenated alkanes) is 2. The highest BCUT2D eigenvalue weighted by Crippen LogP contribution is 2.28. The van der Waals surface area contributed by atoms with Crippen molar-refractivity contribution in [1.29, 1.82) is 0 Å². The van der Waals surface area contributed by atoms with Gasteiger partial charge in [-0.1, -0.05) is 72.2 Å². The van der Waals surface area contributed by atoms with Gasteiger partial charge in [-0.3, -0.25) is 0 Å². The monoisotopic (exact) mass is 439 g/mol. The van der Waals surface area contributed by atoms with Crippen LogP contribution in [0.25, 0.3) is 22.8 Å². The lowest BCUT2D eigenvalue weighted by atomic mass is 10.2. The second-order valence-corrected chi connectivity index (χ2v) is 8.30. The Morgan fingerprint density at radius 1 is 0.900 bits per heavy atom. The van der Waals surface area contributed by atoms with Crippen LogP contribution >= 0.6 is 23.4 Å². The molecule has 154 valence electrons. The number of hydrogen-bond donors (Lipinski definition) is 0. The van der Waals surface area contributed by atoms with Crippen LogP contribution in [0.2, 0.25) is 5.02 Å². The van der Waals surface area contributed by atoms with Crippen LogP contribution in [0.5, 0.6) is 0 Å². The van der Waals surface area contributed by atoms with E-state index in [2.05, 4.69) is 25.6 Å². The Morgan fingerprint density at radius 2 is 1.70 bits per heavy atom. The number of rotatable bonds is 9. The first-order valence-corrected chi connectivity index (χ1v) is 11.2. The molecule has 0 fully saturated rings. The largest absolute Gasteiger partial charge is 0.305 e. The van der Waals surface area contributed by atoms with Gasteiger partial charge in [-0.2, -0.15) is 4.80 Å². The Bertz CT molecular complexity index is 1090. The zero-order valence-electron chi connectivity index (χ0n) is 16.6.